The summed E-state index contributed by atoms with van der Waals surface area (Å²) in [7, 11) is 7.82. The van der Waals surface area contributed by atoms with Crippen LogP contribution in [0.25, 0.3) is 0 Å². The monoisotopic (exact) mass is 404 g/mol. The Hall–Kier alpha value is -3.69. The summed E-state index contributed by atoms with van der Waals surface area (Å²) in [6.07, 6.45) is 4.84. The number of carbonyl (C=O) groups excluding carboxylic acids is 1. The number of rotatable bonds is 7. The van der Waals surface area contributed by atoms with Crippen LogP contribution in [0.4, 0.5) is 4.79 Å². The van der Waals surface area contributed by atoms with Gasteiger partial charge in [0.15, 0.2) is 11.5 Å². The number of alkyl carbamates (subject to hydrolysis) is 1. The maximum Gasteiger partial charge on any atom is 0.412 e. The first kappa shape index (κ1) is 20.1. The first-order chi connectivity index (χ1) is 14.0. The SMILES string of the molecule is COC(=O)NC1=CN2NC(OCc3cc(OC)c(OC)c(OC)c3)=CC=C2N1C. The number of methoxy groups -OCH3 is 4. The van der Waals surface area contributed by atoms with Crippen LogP contribution in [0.2, 0.25) is 0 Å². The van der Waals surface area contributed by atoms with Crippen molar-refractivity contribution in [2.45, 2.75) is 6.61 Å². The fourth-order valence-electron chi connectivity index (χ4n) is 2.88. The zero-order valence-electron chi connectivity index (χ0n) is 16.9. The minimum atomic E-state index is -0.546. The van der Waals surface area contributed by atoms with Gasteiger partial charge in [-0.05, 0) is 23.8 Å². The number of allylic oxidation sites excluding steroid dienone is 2. The molecule has 0 unspecified atom stereocenters. The summed E-state index contributed by atoms with van der Waals surface area (Å²) < 4.78 is 26.6. The molecule has 156 valence electrons. The van der Waals surface area contributed by atoms with Gasteiger partial charge >= 0.3 is 6.09 Å². The summed E-state index contributed by atoms with van der Waals surface area (Å²) >= 11 is 0. The molecule has 10 heteroatoms. The molecule has 0 saturated carbocycles. The van der Waals surface area contributed by atoms with E-state index in [0.29, 0.717) is 29.0 Å². The molecule has 1 aromatic carbocycles. The zero-order chi connectivity index (χ0) is 21.0. The molecule has 0 aliphatic carbocycles. The molecule has 1 aromatic rings. The van der Waals surface area contributed by atoms with Crippen LogP contribution < -0.4 is 25.0 Å². The van der Waals surface area contributed by atoms with Crippen LogP contribution in [-0.2, 0) is 16.1 Å². The summed E-state index contributed by atoms with van der Waals surface area (Å²) in [4.78, 5) is 13.3. The van der Waals surface area contributed by atoms with E-state index in [9.17, 15) is 4.79 Å². The van der Waals surface area contributed by atoms with Crippen molar-refractivity contribution >= 4 is 6.09 Å². The average Bonchev–Trinajstić information content (AvgIpc) is 3.05. The minimum Gasteiger partial charge on any atom is -0.493 e. The van der Waals surface area contributed by atoms with Gasteiger partial charge in [-0.15, -0.1) is 0 Å². The third-order valence-corrected chi connectivity index (χ3v) is 4.35. The number of ether oxygens (including phenoxy) is 5. The summed E-state index contributed by atoms with van der Waals surface area (Å²) in [5.41, 5.74) is 3.97. The lowest BCUT2D eigenvalue weighted by Crippen LogP contribution is -2.36. The Labute approximate surface area is 168 Å². The Morgan fingerprint density at radius 2 is 1.76 bits per heavy atom. The number of nitrogens with one attached hydrogen (secondary N) is 2. The number of hydrazine groups is 1. The van der Waals surface area contributed by atoms with Gasteiger partial charge < -0.3 is 28.6 Å². The third-order valence-electron chi connectivity index (χ3n) is 4.35. The molecule has 0 fully saturated rings. The average molecular weight is 404 g/mol. The maximum absolute atomic E-state index is 11.5. The van der Waals surface area contributed by atoms with Gasteiger partial charge in [0.25, 0.3) is 0 Å². The van der Waals surface area contributed by atoms with Crippen molar-refractivity contribution < 1.29 is 28.5 Å². The molecule has 0 bridgehead atoms. The molecular formula is C19H24N4O6. The van der Waals surface area contributed by atoms with Gasteiger partial charge in [0.1, 0.15) is 18.2 Å². The van der Waals surface area contributed by atoms with Gasteiger partial charge in [-0.3, -0.25) is 10.7 Å². The van der Waals surface area contributed by atoms with Gasteiger partial charge in [-0.2, -0.15) is 0 Å². The molecule has 2 aliphatic heterocycles. The van der Waals surface area contributed by atoms with E-state index in [1.54, 1.807) is 43.5 Å². The Morgan fingerprint density at radius 1 is 1.07 bits per heavy atom. The van der Waals surface area contributed by atoms with Crippen molar-refractivity contribution in [3.63, 3.8) is 0 Å². The summed E-state index contributed by atoms with van der Waals surface area (Å²) in [5.74, 6) is 3.55. The third kappa shape index (κ3) is 4.10. The molecular weight excluding hydrogens is 380 g/mol. The van der Waals surface area contributed by atoms with E-state index in [2.05, 4.69) is 15.5 Å². The lowest BCUT2D eigenvalue weighted by molar-refractivity contribution is 0.135. The molecule has 0 spiro atoms. The first-order valence-corrected chi connectivity index (χ1v) is 8.70. The molecule has 29 heavy (non-hydrogen) atoms. The fraction of sp³-hybridized carbons (Fsp3) is 0.316. The number of nitrogens with zero attached hydrogens (tertiary/aromatic N) is 2. The van der Waals surface area contributed by atoms with E-state index in [-0.39, 0.29) is 6.61 Å². The second-order valence-corrected chi connectivity index (χ2v) is 6.05. The Balaban J connectivity index is 1.69. The second kappa shape index (κ2) is 8.55. The summed E-state index contributed by atoms with van der Waals surface area (Å²) in [6.45, 7) is 0.277. The van der Waals surface area contributed by atoms with Crippen LogP contribution in [-0.4, -0.2) is 51.5 Å². The summed E-state index contributed by atoms with van der Waals surface area (Å²) in [5, 5.41) is 4.38. The molecule has 3 rings (SSSR count). The number of amides is 1. The minimum absolute atomic E-state index is 0.277. The van der Waals surface area contributed by atoms with E-state index >= 15 is 0 Å². The highest BCUT2D eigenvalue weighted by atomic mass is 16.5. The molecule has 0 aromatic heterocycles. The van der Waals surface area contributed by atoms with E-state index in [1.807, 2.05) is 25.3 Å². The van der Waals surface area contributed by atoms with Gasteiger partial charge in [0.05, 0.1) is 34.6 Å². The van der Waals surface area contributed by atoms with Gasteiger partial charge in [0.2, 0.25) is 11.6 Å². The Bertz CT molecular complexity index is 854. The number of hydrogen-bond donors (Lipinski definition) is 2. The zero-order valence-corrected chi connectivity index (χ0v) is 16.9. The number of benzene rings is 1. The standard InChI is InChI=1S/C19H24N4O6/c1-22-15(20-19(24)28-5)10-23-17(22)7-6-16(21-23)29-11-12-8-13(25-2)18(27-4)14(9-12)26-3/h6-10,21H,11H2,1-5H3,(H,20,24). The molecule has 2 aliphatic rings. The topological polar surface area (TPSA) is 93.8 Å². The molecule has 0 atom stereocenters. The van der Waals surface area contributed by atoms with Gasteiger partial charge in [0, 0.05) is 13.1 Å². The normalized spacial score (nSPS) is 14.7. The lowest BCUT2D eigenvalue weighted by atomic mass is 10.2. The molecule has 0 saturated heterocycles. The largest absolute Gasteiger partial charge is 0.493 e. The van der Waals surface area contributed by atoms with E-state index in [0.717, 1.165) is 11.4 Å². The van der Waals surface area contributed by atoms with E-state index < -0.39 is 6.09 Å². The Morgan fingerprint density at radius 3 is 2.34 bits per heavy atom. The fourth-order valence-corrected chi connectivity index (χ4v) is 2.88. The van der Waals surface area contributed by atoms with Crippen LogP contribution in [0, 0.1) is 0 Å². The maximum atomic E-state index is 11.5. The second-order valence-electron chi connectivity index (χ2n) is 6.05. The highest BCUT2D eigenvalue weighted by Gasteiger charge is 2.28. The predicted octanol–water partition coefficient (Wildman–Crippen LogP) is 1.83. The van der Waals surface area contributed by atoms with Crippen LogP contribution in [0.3, 0.4) is 0 Å². The van der Waals surface area contributed by atoms with Crippen molar-refractivity contribution in [1.29, 1.82) is 0 Å². The van der Waals surface area contributed by atoms with Crippen LogP contribution in [0.1, 0.15) is 5.56 Å². The highest BCUT2D eigenvalue weighted by Crippen LogP contribution is 2.38. The Kier molecular flexibility index (Phi) is 5.91. The molecule has 1 amide bonds. The number of carbonyl (C=O) groups is 1. The van der Waals surface area contributed by atoms with Gasteiger partial charge in [-0.1, -0.05) is 0 Å². The van der Waals surface area contributed by atoms with Crippen LogP contribution >= 0.6 is 0 Å². The number of hydrogen-bond acceptors (Lipinski definition) is 9. The van der Waals surface area contributed by atoms with E-state index in [4.69, 9.17) is 18.9 Å². The molecule has 0 radical (unpaired) electrons. The smallest absolute Gasteiger partial charge is 0.412 e. The first-order valence-electron chi connectivity index (χ1n) is 8.70. The van der Waals surface area contributed by atoms with Crippen LogP contribution in [0.15, 0.2) is 48.0 Å². The summed E-state index contributed by atoms with van der Waals surface area (Å²) in [6, 6.07) is 3.65. The van der Waals surface area contributed by atoms with Crippen molar-refractivity contribution in [3.05, 3.63) is 53.6 Å². The molecule has 2 N–H and O–H groups in total. The van der Waals surface area contributed by atoms with Crippen LogP contribution in [0.5, 0.6) is 17.2 Å². The highest BCUT2D eigenvalue weighted by molar-refractivity contribution is 5.69. The predicted molar refractivity (Wildman–Crippen MR) is 103 cm³/mol. The van der Waals surface area contributed by atoms with Crippen molar-refractivity contribution in [2.75, 3.05) is 35.5 Å². The molecule has 10 nitrogen and oxygen atoms in total. The molecule has 2 heterocycles. The lowest BCUT2D eigenvalue weighted by Gasteiger charge is -2.28. The number of fused-ring (bicyclic) bond motifs is 1. The van der Waals surface area contributed by atoms with Crippen molar-refractivity contribution in [1.82, 2.24) is 20.7 Å². The van der Waals surface area contributed by atoms with E-state index in [1.165, 1.54) is 7.11 Å². The van der Waals surface area contributed by atoms with Crippen molar-refractivity contribution in [3.8, 4) is 17.2 Å². The van der Waals surface area contributed by atoms with Crippen molar-refractivity contribution in [2.24, 2.45) is 0 Å². The quantitative estimate of drug-likeness (QED) is 0.706. The van der Waals surface area contributed by atoms with Gasteiger partial charge in [-0.25, -0.2) is 9.80 Å².